The minimum absolute atomic E-state index is 0.366. The molecule has 1 fully saturated rings. The number of amides is 1. The molecule has 1 aliphatic rings. The Morgan fingerprint density at radius 2 is 1.69 bits per heavy atom. The summed E-state index contributed by atoms with van der Waals surface area (Å²) in [5.74, 6) is 0.323. The van der Waals surface area contributed by atoms with Gasteiger partial charge in [-0.15, -0.1) is 0 Å². The molecule has 0 radical (unpaired) electrons. The van der Waals surface area contributed by atoms with E-state index in [0.29, 0.717) is 54.7 Å². The van der Waals surface area contributed by atoms with Gasteiger partial charge in [0.05, 0.1) is 24.5 Å². The van der Waals surface area contributed by atoms with E-state index in [-0.39, 0.29) is 11.7 Å². The maximum Gasteiger partial charge on any atom is 0.259 e. The summed E-state index contributed by atoms with van der Waals surface area (Å²) in [5.41, 5.74) is 1.27. The van der Waals surface area contributed by atoms with E-state index in [1.807, 2.05) is 35.2 Å². The number of nitrogens with zero attached hydrogens (tertiary/aromatic N) is 1. The molecule has 3 aromatic rings. The first-order valence-corrected chi connectivity index (χ1v) is 9.46. The highest BCUT2D eigenvalue weighted by molar-refractivity contribution is 6.06. The van der Waals surface area contributed by atoms with Crippen molar-refractivity contribution in [2.75, 3.05) is 36.5 Å². The molecule has 1 heterocycles. The predicted molar refractivity (Wildman–Crippen MR) is 110 cm³/mol. The van der Waals surface area contributed by atoms with E-state index in [0.717, 1.165) is 0 Å². The number of morpholine rings is 1. The van der Waals surface area contributed by atoms with Crippen LogP contribution in [-0.4, -0.2) is 32.2 Å². The van der Waals surface area contributed by atoms with Crippen LogP contribution in [0.5, 0.6) is 11.5 Å². The summed E-state index contributed by atoms with van der Waals surface area (Å²) < 4.78 is 25.7. The van der Waals surface area contributed by atoms with Crippen molar-refractivity contribution in [3.8, 4) is 11.5 Å². The highest BCUT2D eigenvalue weighted by atomic mass is 19.1. The SMILES string of the molecule is O=C(Nc1ccc(N2CCOCC2)c(F)c1)c1ccccc1Oc1ccccc1. The summed E-state index contributed by atoms with van der Waals surface area (Å²) in [4.78, 5) is 14.7. The molecule has 0 unspecified atom stereocenters. The van der Waals surface area contributed by atoms with Gasteiger partial charge in [0.2, 0.25) is 0 Å². The molecule has 5 nitrogen and oxygen atoms in total. The van der Waals surface area contributed by atoms with E-state index >= 15 is 0 Å². The molecule has 29 heavy (non-hydrogen) atoms. The Bertz CT molecular complexity index is 988. The van der Waals surface area contributed by atoms with Gasteiger partial charge in [-0.1, -0.05) is 30.3 Å². The highest BCUT2D eigenvalue weighted by Gasteiger charge is 2.17. The fourth-order valence-electron chi connectivity index (χ4n) is 3.20. The minimum atomic E-state index is -0.376. The molecule has 0 atom stereocenters. The fourth-order valence-corrected chi connectivity index (χ4v) is 3.20. The van der Waals surface area contributed by atoms with Gasteiger partial charge in [0.25, 0.3) is 5.91 Å². The number of anilines is 2. The number of hydrogen-bond donors (Lipinski definition) is 1. The zero-order valence-electron chi connectivity index (χ0n) is 15.8. The number of hydrogen-bond acceptors (Lipinski definition) is 4. The van der Waals surface area contributed by atoms with Crippen molar-refractivity contribution >= 4 is 17.3 Å². The molecule has 148 valence electrons. The average Bonchev–Trinajstić information content (AvgIpc) is 2.75. The Labute approximate surface area is 168 Å². The normalized spacial score (nSPS) is 13.8. The summed E-state index contributed by atoms with van der Waals surface area (Å²) in [7, 11) is 0. The van der Waals surface area contributed by atoms with Gasteiger partial charge in [-0.25, -0.2) is 4.39 Å². The van der Waals surface area contributed by atoms with Crippen LogP contribution in [0.25, 0.3) is 0 Å². The van der Waals surface area contributed by atoms with Crippen LogP contribution in [0, 0.1) is 5.82 Å². The standard InChI is InChI=1S/C23H21FN2O3/c24-20-16-17(10-11-21(20)26-12-14-28-15-13-26)25-23(27)19-8-4-5-9-22(19)29-18-6-2-1-3-7-18/h1-11,16H,12-15H2,(H,25,27). The van der Waals surface area contributed by atoms with E-state index in [4.69, 9.17) is 9.47 Å². The van der Waals surface area contributed by atoms with Crippen LogP contribution in [0.4, 0.5) is 15.8 Å². The number of carbonyl (C=O) groups excluding carboxylic acids is 1. The second-order valence-corrected chi connectivity index (χ2v) is 6.63. The third-order valence-corrected chi connectivity index (χ3v) is 4.66. The summed E-state index contributed by atoms with van der Waals surface area (Å²) in [6, 6.07) is 20.9. The molecule has 1 amide bonds. The van der Waals surface area contributed by atoms with E-state index in [9.17, 15) is 9.18 Å². The highest BCUT2D eigenvalue weighted by Crippen LogP contribution is 2.27. The lowest BCUT2D eigenvalue weighted by Crippen LogP contribution is -2.36. The quantitative estimate of drug-likeness (QED) is 0.683. The molecular weight excluding hydrogens is 371 g/mol. The van der Waals surface area contributed by atoms with Gasteiger partial charge in [-0.2, -0.15) is 0 Å². The monoisotopic (exact) mass is 392 g/mol. The zero-order valence-corrected chi connectivity index (χ0v) is 15.8. The lowest BCUT2D eigenvalue weighted by atomic mass is 10.1. The second-order valence-electron chi connectivity index (χ2n) is 6.63. The van der Waals surface area contributed by atoms with Gasteiger partial charge in [-0.3, -0.25) is 4.79 Å². The number of halogens is 1. The van der Waals surface area contributed by atoms with Crippen LogP contribution in [0.1, 0.15) is 10.4 Å². The van der Waals surface area contributed by atoms with Crippen LogP contribution in [0.3, 0.4) is 0 Å². The molecule has 4 rings (SSSR count). The van der Waals surface area contributed by atoms with Crippen LogP contribution in [-0.2, 0) is 4.74 Å². The van der Waals surface area contributed by atoms with Gasteiger partial charge in [0, 0.05) is 18.8 Å². The van der Waals surface area contributed by atoms with Crippen molar-refractivity contribution in [1.82, 2.24) is 0 Å². The molecule has 3 aromatic carbocycles. The number of ether oxygens (including phenoxy) is 2. The molecule has 1 N–H and O–H groups in total. The average molecular weight is 392 g/mol. The molecule has 0 spiro atoms. The van der Waals surface area contributed by atoms with Crippen molar-refractivity contribution < 1.29 is 18.7 Å². The third kappa shape index (κ3) is 4.55. The van der Waals surface area contributed by atoms with Crippen LogP contribution in [0.2, 0.25) is 0 Å². The Hall–Kier alpha value is -3.38. The molecule has 6 heteroatoms. The van der Waals surface area contributed by atoms with E-state index in [2.05, 4.69) is 5.32 Å². The Kier molecular flexibility index (Phi) is 5.72. The first-order valence-electron chi connectivity index (χ1n) is 9.46. The van der Waals surface area contributed by atoms with Crippen molar-refractivity contribution in [3.63, 3.8) is 0 Å². The lowest BCUT2D eigenvalue weighted by molar-refractivity contribution is 0.102. The first-order chi connectivity index (χ1) is 14.2. The summed E-state index contributed by atoms with van der Waals surface area (Å²) in [5, 5.41) is 2.75. The van der Waals surface area contributed by atoms with Crippen LogP contribution >= 0.6 is 0 Å². The van der Waals surface area contributed by atoms with Gasteiger partial charge >= 0.3 is 0 Å². The second kappa shape index (κ2) is 8.75. The third-order valence-electron chi connectivity index (χ3n) is 4.66. The predicted octanol–water partition coefficient (Wildman–Crippen LogP) is 4.71. The molecule has 0 aliphatic carbocycles. The van der Waals surface area contributed by atoms with Gasteiger partial charge in [0.1, 0.15) is 17.3 Å². The molecule has 0 saturated carbocycles. The molecule has 1 saturated heterocycles. The largest absolute Gasteiger partial charge is 0.457 e. The Morgan fingerprint density at radius 1 is 0.966 bits per heavy atom. The number of para-hydroxylation sites is 2. The van der Waals surface area contributed by atoms with E-state index < -0.39 is 0 Å². The smallest absolute Gasteiger partial charge is 0.259 e. The van der Waals surface area contributed by atoms with Crippen molar-refractivity contribution in [2.24, 2.45) is 0 Å². The van der Waals surface area contributed by atoms with Gasteiger partial charge in [0.15, 0.2) is 0 Å². The van der Waals surface area contributed by atoms with Crippen molar-refractivity contribution in [3.05, 3.63) is 84.2 Å². The lowest BCUT2D eigenvalue weighted by Gasteiger charge is -2.29. The molecule has 0 bridgehead atoms. The van der Waals surface area contributed by atoms with Crippen molar-refractivity contribution in [2.45, 2.75) is 0 Å². The van der Waals surface area contributed by atoms with Crippen LogP contribution < -0.4 is 15.0 Å². The van der Waals surface area contributed by atoms with E-state index in [1.54, 1.807) is 36.4 Å². The maximum absolute atomic E-state index is 14.6. The molecular formula is C23H21FN2O3. The minimum Gasteiger partial charge on any atom is -0.457 e. The maximum atomic E-state index is 14.6. The molecule has 1 aliphatic heterocycles. The summed E-state index contributed by atoms with van der Waals surface area (Å²) in [6.07, 6.45) is 0. The zero-order chi connectivity index (χ0) is 20.1. The Morgan fingerprint density at radius 3 is 2.45 bits per heavy atom. The Balaban J connectivity index is 1.50. The van der Waals surface area contributed by atoms with Gasteiger partial charge in [-0.05, 0) is 42.5 Å². The fraction of sp³-hybridized carbons (Fsp3) is 0.174. The van der Waals surface area contributed by atoms with Crippen LogP contribution in [0.15, 0.2) is 72.8 Å². The number of rotatable bonds is 5. The molecule has 0 aromatic heterocycles. The summed E-state index contributed by atoms with van der Waals surface area (Å²) in [6.45, 7) is 2.45. The first kappa shape index (κ1) is 19.0. The number of benzene rings is 3. The number of nitrogens with one attached hydrogen (secondary N) is 1. The number of carbonyl (C=O) groups is 1. The van der Waals surface area contributed by atoms with Gasteiger partial charge < -0.3 is 19.7 Å². The topological polar surface area (TPSA) is 50.8 Å². The van der Waals surface area contributed by atoms with E-state index in [1.165, 1.54) is 6.07 Å². The van der Waals surface area contributed by atoms with Crippen molar-refractivity contribution in [1.29, 1.82) is 0 Å². The summed E-state index contributed by atoms with van der Waals surface area (Å²) >= 11 is 0.